The Labute approximate surface area is 93.3 Å². The van der Waals surface area contributed by atoms with Gasteiger partial charge in [0.15, 0.2) is 0 Å². The molecule has 0 spiro atoms. The normalized spacial score (nSPS) is 15.1. The van der Waals surface area contributed by atoms with Crippen molar-refractivity contribution in [1.82, 2.24) is 4.90 Å². The number of aromatic hydroxyl groups is 1. The van der Waals surface area contributed by atoms with Crippen LogP contribution in [-0.4, -0.2) is 29.0 Å². The minimum atomic E-state index is -0.0422. The summed E-state index contributed by atoms with van der Waals surface area (Å²) in [6.07, 6.45) is 2.15. The van der Waals surface area contributed by atoms with Gasteiger partial charge in [-0.3, -0.25) is 4.79 Å². The average Bonchev–Trinajstić information content (AvgIpc) is 3.03. The van der Waals surface area contributed by atoms with E-state index >= 15 is 0 Å². The standard InChI is InChI=1S/C11H12ClNO2/c1-13(8-3-4-8)11(15)7-2-5-10(14)9(12)6-7/h2,5-6,8,14H,3-4H2,1H3. The molecule has 4 heteroatoms. The van der Waals surface area contributed by atoms with E-state index in [1.54, 1.807) is 18.0 Å². The van der Waals surface area contributed by atoms with E-state index in [0.717, 1.165) is 12.8 Å². The van der Waals surface area contributed by atoms with Crippen LogP contribution in [0.25, 0.3) is 0 Å². The molecule has 1 aromatic carbocycles. The van der Waals surface area contributed by atoms with Crippen molar-refractivity contribution < 1.29 is 9.90 Å². The van der Waals surface area contributed by atoms with E-state index in [9.17, 15) is 9.90 Å². The van der Waals surface area contributed by atoms with Crippen molar-refractivity contribution in [3.63, 3.8) is 0 Å². The number of carbonyl (C=O) groups is 1. The van der Waals surface area contributed by atoms with Crippen LogP contribution in [0.1, 0.15) is 23.2 Å². The van der Waals surface area contributed by atoms with Crippen molar-refractivity contribution in [2.24, 2.45) is 0 Å². The van der Waals surface area contributed by atoms with Crippen molar-refractivity contribution in [1.29, 1.82) is 0 Å². The lowest BCUT2D eigenvalue weighted by atomic mass is 10.2. The highest BCUT2D eigenvalue weighted by Crippen LogP contribution is 2.28. The summed E-state index contributed by atoms with van der Waals surface area (Å²) in [6.45, 7) is 0. The quantitative estimate of drug-likeness (QED) is 0.839. The zero-order valence-corrected chi connectivity index (χ0v) is 9.16. The van der Waals surface area contributed by atoms with Crippen LogP contribution in [0.15, 0.2) is 18.2 Å². The molecule has 1 aliphatic carbocycles. The predicted octanol–water partition coefficient (Wildman–Crippen LogP) is 2.28. The second kappa shape index (κ2) is 3.74. The van der Waals surface area contributed by atoms with E-state index in [0.29, 0.717) is 11.6 Å². The lowest BCUT2D eigenvalue weighted by molar-refractivity contribution is 0.0785. The van der Waals surface area contributed by atoms with Crippen molar-refractivity contribution in [3.8, 4) is 5.75 Å². The van der Waals surface area contributed by atoms with Crippen LogP contribution in [0.3, 0.4) is 0 Å². The van der Waals surface area contributed by atoms with Crippen LogP contribution >= 0.6 is 11.6 Å². The summed E-state index contributed by atoms with van der Waals surface area (Å²) in [4.78, 5) is 13.6. The molecular weight excluding hydrogens is 214 g/mol. The van der Waals surface area contributed by atoms with Gasteiger partial charge in [-0.2, -0.15) is 0 Å². The highest BCUT2D eigenvalue weighted by Gasteiger charge is 2.30. The number of amides is 1. The first-order valence-electron chi connectivity index (χ1n) is 4.85. The van der Waals surface area contributed by atoms with Gasteiger partial charge in [-0.1, -0.05) is 11.6 Å². The Morgan fingerprint density at radius 2 is 2.20 bits per heavy atom. The summed E-state index contributed by atoms with van der Waals surface area (Å²) in [5.41, 5.74) is 0.521. The van der Waals surface area contributed by atoms with Crippen LogP contribution in [0.2, 0.25) is 5.02 Å². The third-order valence-electron chi connectivity index (χ3n) is 2.61. The van der Waals surface area contributed by atoms with Gasteiger partial charge < -0.3 is 10.0 Å². The molecule has 0 aromatic heterocycles. The van der Waals surface area contributed by atoms with Gasteiger partial charge in [0, 0.05) is 18.7 Å². The Kier molecular flexibility index (Phi) is 2.57. The summed E-state index contributed by atoms with van der Waals surface area (Å²) in [7, 11) is 1.79. The Balaban J connectivity index is 2.21. The van der Waals surface area contributed by atoms with Crippen LogP contribution in [0.4, 0.5) is 0 Å². The number of hydrogen-bond donors (Lipinski definition) is 1. The number of phenols is 1. The van der Waals surface area contributed by atoms with Gasteiger partial charge in [-0.15, -0.1) is 0 Å². The molecule has 1 amide bonds. The molecule has 80 valence electrons. The van der Waals surface area contributed by atoms with E-state index in [1.165, 1.54) is 12.1 Å². The van der Waals surface area contributed by atoms with Gasteiger partial charge in [-0.05, 0) is 31.0 Å². The summed E-state index contributed by atoms with van der Waals surface area (Å²) in [6, 6.07) is 4.90. The maximum absolute atomic E-state index is 11.9. The first kappa shape index (κ1) is 10.3. The summed E-state index contributed by atoms with van der Waals surface area (Å²) in [5.74, 6) is -0.0401. The molecule has 1 N–H and O–H groups in total. The lowest BCUT2D eigenvalue weighted by Crippen LogP contribution is -2.28. The zero-order valence-electron chi connectivity index (χ0n) is 8.40. The maximum atomic E-state index is 11.9. The van der Waals surface area contributed by atoms with Crippen LogP contribution in [0, 0.1) is 0 Å². The molecule has 15 heavy (non-hydrogen) atoms. The first-order valence-corrected chi connectivity index (χ1v) is 5.23. The highest BCUT2D eigenvalue weighted by molar-refractivity contribution is 6.32. The minimum Gasteiger partial charge on any atom is -0.506 e. The average molecular weight is 226 g/mol. The third kappa shape index (κ3) is 2.07. The molecule has 1 saturated carbocycles. The molecule has 0 saturated heterocycles. The molecule has 0 atom stereocenters. The molecule has 0 radical (unpaired) electrons. The Bertz CT molecular complexity index is 402. The number of benzene rings is 1. The van der Waals surface area contributed by atoms with Gasteiger partial charge in [-0.25, -0.2) is 0 Å². The summed E-state index contributed by atoms with van der Waals surface area (Å²) >= 11 is 5.74. The van der Waals surface area contributed by atoms with Gasteiger partial charge in [0.05, 0.1) is 5.02 Å². The lowest BCUT2D eigenvalue weighted by Gasteiger charge is -2.16. The molecule has 0 heterocycles. The number of phenolic OH excluding ortho intramolecular Hbond substituents is 1. The molecule has 1 fully saturated rings. The number of hydrogen-bond acceptors (Lipinski definition) is 2. The smallest absolute Gasteiger partial charge is 0.253 e. The second-order valence-electron chi connectivity index (χ2n) is 3.81. The Morgan fingerprint density at radius 1 is 1.53 bits per heavy atom. The molecule has 2 rings (SSSR count). The van der Waals surface area contributed by atoms with Crippen molar-refractivity contribution in [3.05, 3.63) is 28.8 Å². The predicted molar refractivity (Wildman–Crippen MR) is 58.2 cm³/mol. The molecule has 1 aliphatic rings. The fourth-order valence-corrected chi connectivity index (χ4v) is 1.65. The van der Waals surface area contributed by atoms with Crippen LogP contribution in [-0.2, 0) is 0 Å². The van der Waals surface area contributed by atoms with Gasteiger partial charge >= 0.3 is 0 Å². The minimum absolute atomic E-state index is 0.00212. The van der Waals surface area contributed by atoms with E-state index in [-0.39, 0.29) is 16.7 Å². The Morgan fingerprint density at radius 3 is 2.73 bits per heavy atom. The number of halogens is 1. The largest absolute Gasteiger partial charge is 0.506 e. The van der Waals surface area contributed by atoms with Crippen molar-refractivity contribution >= 4 is 17.5 Å². The summed E-state index contributed by atoms with van der Waals surface area (Å²) in [5, 5.41) is 9.44. The van der Waals surface area contributed by atoms with Gasteiger partial charge in [0.1, 0.15) is 5.75 Å². The molecule has 1 aromatic rings. The maximum Gasteiger partial charge on any atom is 0.253 e. The molecule has 0 bridgehead atoms. The fourth-order valence-electron chi connectivity index (χ4n) is 1.47. The monoisotopic (exact) mass is 225 g/mol. The highest BCUT2D eigenvalue weighted by atomic mass is 35.5. The number of carbonyl (C=O) groups excluding carboxylic acids is 1. The van der Waals surface area contributed by atoms with E-state index in [4.69, 9.17) is 11.6 Å². The van der Waals surface area contributed by atoms with Gasteiger partial charge in [0.25, 0.3) is 5.91 Å². The van der Waals surface area contributed by atoms with Crippen LogP contribution in [0.5, 0.6) is 5.75 Å². The number of nitrogens with zero attached hydrogens (tertiary/aromatic N) is 1. The Hall–Kier alpha value is -1.22. The summed E-state index contributed by atoms with van der Waals surface area (Å²) < 4.78 is 0. The SMILES string of the molecule is CN(C(=O)c1ccc(O)c(Cl)c1)C1CC1. The number of rotatable bonds is 2. The zero-order chi connectivity index (χ0) is 11.0. The molecule has 0 unspecified atom stereocenters. The molecular formula is C11H12ClNO2. The first-order chi connectivity index (χ1) is 7.09. The van der Waals surface area contributed by atoms with Crippen molar-refractivity contribution in [2.75, 3.05) is 7.05 Å². The topological polar surface area (TPSA) is 40.5 Å². The van der Waals surface area contributed by atoms with E-state index < -0.39 is 0 Å². The van der Waals surface area contributed by atoms with Crippen LogP contribution < -0.4 is 0 Å². The molecule has 3 nitrogen and oxygen atoms in total. The molecule has 0 aliphatic heterocycles. The van der Waals surface area contributed by atoms with Gasteiger partial charge in [0.2, 0.25) is 0 Å². The van der Waals surface area contributed by atoms with Crippen molar-refractivity contribution in [2.45, 2.75) is 18.9 Å². The van der Waals surface area contributed by atoms with E-state index in [1.807, 2.05) is 0 Å². The third-order valence-corrected chi connectivity index (χ3v) is 2.91. The van der Waals surface area contributed by atoms with E-state index in [2.05, 4.69) is 0 Å². The fraction of sp³-hybridized carbons (Fsp3) is 0.364. The second-order valence-corrected chi connectivity index (χ2v) is 4.22.